The van der Waals surface area contributed by atoms with Crippen LogP contribution in [0.1, 0.15) is 19.3 Å². The van der Waals surface area contributed by atoms with Gasteiger partial charge in [-0.1, -0.05) is 0 Å². The van der Waals surface area contributed by atoms with Crippen LogP contribution in [0.4, 0.5) is 5.69 Å². The fraction of sp³-hybridized carbons (Fsp3) is 0.571. The van der Waals surface area contributed by atoms with E-state index in [9.17, 15) is 10.1 Å². The van der Waals surface area contributed by atoms with Crippen LogP contribution in [0, 0.1) is 16.0 Å². The monoisotopic (exact) mass is 280 g/mol. The lowest BCUT2D eigenvalue weighted by atomic mass is 9.95. The van der Waals surface area contributed by atoms with Gasteiger partial charge in [0.15, 0.2) is 11.5 Å². The molecule has 1 aliphatic heterocycles. The molecule has 20 heavy (non-hydrogen) atoms. The number of nitro groups is 1. The first-order valence-electron chi connectivity index (χ1n) is 6.86. The van der Waals surface area contributed by atoms with Crippen LogP contribution in [0.3, 0.4) is 0 Å². The Labute approximate surface area is 118 Å². The summed E-state index contributed by atoms with van der Waals surface area (Å²) in [6, 6.07) is 4.42. The molecule has 0 bridgehead atoms. The number of nitrogens with zero attached hydrogens (tertiary/aromatic N) is 1. The highest BCUT2D eigenvalue weighted by molar-refractivity contribution is 5.48. The van der Waals surface area contributed by atoms with E-state index in [2.05, 4.69) is 5.32 Å². The number of non-ortho nitro benzene ring substituents is 1. The Bertz CT molecular complexity index is 458. The molecule has 1 aliphatic rings. The first-order chi connectivity index (χ1) is 9.70. The second-order valence-corrected chi connectivity index (χ2v) is 4.92. The molecular formula is C14H20N2O4. The maximum Gasteiger partial charge on any atom is 0.273 e. The normalized spacial score (nSPS) is 15.8. The Hall–Kier alpha value is -1.82. The molecule has 1 heterocycles. The molecule has 0 saturated carbocycles. The summed E-state index contributed by atoms with van der Waals surface area (Å²) in [5.74, 6) is 1.66. The summed E-state index contributed by atoms with van der Waals surface area (Å²) in [6.45, 7) is 2.76. The van der Waals surface area contributed by atoms with Gasteiger partial charge in [-0.15, -0.1) is 0 Å². The Morgan fingerprint density at radius 2 is 2.10 bits per heavy atom. The van der Waals surface area contributed by atoms with Crippen LogP contribution < -0.4 is 14.8 Å². The van der Waals surface area contributed by atoms with E-state index >= 15 is 0 Å². The zero-order chi connectivity index (χ0) is 14.4. The minimum atomic E-state index is -0.443. The highest BCUT2D eigenvalue weighted by Gasteiger charge is 2.15. The lowest BCUT2D eigenvalue weighted by molar-refractivity contribution is -0.384. The summed E-state index contributed by atoms with van der Waals surface area (Å²) in [7, 11) is 1.48. The van der Waals surface area contributed by atoms with E-state index in [0.717, 1.165) is 19.5 Å². The van der Waals surface area contributed by atoms with Gasteiger partial charge in [0, 0.05) is 6.07 Å². The highest BCUT2D eigenvalue weighted by atomic mass is 16.6. The van der Waals surface area contributed by atoms with E-state index in [1.54, 1.807) is 6.07 Å². The summed E-state index contributed by atoms with van der Waals surface area (Å²) in [5.41, 5.74) is 0.00700. The second-order valence-electron chi connectivity index (χ2n) is 4.92. The van der Waals surface area contributed by atoms with Crippen molar-refractivity contribution in [2.24, 2.45) is 5.92 Å². The Kier molecular flexibility index (Phi) is 5.17. The number of rotatable bonds is 6. The van der Waals surface area contributed by atoms with Crippen LogP contribution >= 0.6 is 0 Å². The zero-order valence-corrected chi connectivity index (χ0v) is 11.6. The molecule has 1 saturated heterocycles. The first-order valence-corrected chi connectivity index (χ1v) is 6.86. The van der Waals surface area contributed by atoms with Crippen molar-refractivity contribution in [3.8, 4) is 11.5 Å². The van der Waals surface area contributed by atoms with Crippen molar-refractivity contribution in [3.63, 3.8) is 0 Å². The number of piperidine rings is 1. The van der Waals surface area contributed by atoms with E-state index in [4.69, 9.17) is 9.47 Å². The number of benzene rings is 1. The van der Waals surface area contributed by atoms with E-state index in [1.807, 2.05) is 0 Å². The van der Waals surface area contributed by atoms with Gasteiger partial charge in [0.25, 0.3) is 5.69 Å². The smallest absolute Gasteiger partial charge is 0.273 e. The van der Waals surface area contributed by atoms with Crippen molar-refractivity contribution >= 4 is 5.69 Å². The van der Waals surface area contributed by atoms with Gasteiger partial charge in [-0.25, -0.2) is 0 Å². The van der Waals surface area contributed by atoms with Gasteiger partial charge in [0.2, 0.25) is 0 Å². The molecule has 0 spiro atoms. The summed E-state index contributed by atoms with van der Waals surface area (Å²) in [4.78, 5) is 10.3. The third-order valence-corrected chi connectivity index (χ3v) is 3.60. The van der Waals surface area contributed by atoms with Gasteiger partial charge in [-0.05, 0) is 44.3 Å². The predicted molar refractivity (Wildman–Crippen MR) is 75.4 cm³/mol. The van der Waals surface area contributed by atoms with Gasteiger partial charge >= 0.3 is 0 Å². The van der Waals surface area contributed by atoms with Gasteiger partial charge in [0.1, 0.15) is 0 Å². The van der Waals surface area contributed by atoms with Gasteiger partial charge in [-0.2, -0.15) is 0 Å². The van der Waals surface area contributed by atoms with Crippen LogP contribution in [0.5, 0.6) is 11.5 Å². The van der Waals surface area contributed by atoms with Crippen molar-refractivity contribution in [2.45, 2.75) is 19.3 Å². The number of nitro benzene ring substituents is 1. The number of ether oxygens (including phenoxy) is 2. The molecular weight excluding hydrogens is 260 g/mol. The van der Waals surface area contributed by atoms with Crippen LogP contribution in [0.15, 0.2) is 18.2 Å². The molecule has 0 aliphatic carbocycles. The molecule has 0 amide bonds. The Balaban J connectivity index is 1.89. The van der Waals surface area contributed by atoms with Crippen LogP contribution in [-0.2, 0) is 0 Å². The number of hydrogen-bond acceptors (Lipinski definition) is 5. The maximum absolute atomic E-state index is 10.7. The fourth-order valence-electron chi connectivity index (χ4n) is 2.40. The summed E-state index contributed by atoms with van der Waals surface area (Å²) < 4.78 is 10.8. The molecule has 0 aromatic heterocycles. The molecule has 1 aromatic carbocycles. The molecule has 110 valence electrons. The molecule has 1 fully saturated rings. The lowest BCUT2D eigenvalue weighted by Gasteiger charge is -2.22. The summed E-state index contributed by atoms with van der Waals surface area (Å²) in [5, 5.41) is 14.0. The predicted octanol–water partition coefficient (Wildman–Crippen LogP) is 2.37. The number of hydrogen-bond donors (Lipinski definition) is 1. The van der Waals surface area contributed by atoms with Crippen LogP contribution in [0.2, 0.25) is 0 Å². The third-order valence-electron chi connectivity index (χ3n) is 3.60. The Morgan fingerprint density at radius 1 is 1.35 bits per heavy atom. The van der Waals surface area contributed by atoms with Crippen molar-refractivity contribution in [1.82, 2.24) is 5.32 Å². The second kappa shape index (κ2) is 7.09. The molecule has 0 unspecified atom stereocenters. The zero-order valence-electron chi connectivity index (χ0n) is 11.6. The summed E-state index contributed by atoms with van der Waals surface area (Å²) >= 11 is 0. The van der Waals surface area contributed by atoms with Crippen molar-refractivity contribution in [3.05, 3.63) is 28.3 Å². The van der Waals surface area contributed by atoms with Crippen molar-refractivity contribution in [1.29, 1.82) is 0 Å². The van der Waals surface area contributed by atoms with E-state index in [1.165, 1.54) is 32.1 Å². The quantitative estimate of drug-likeness (QED) is 0.639. The lowest BCUT2D eigenvalue weighted by Crippen LogP contribution is -2.28. The fourth-order valence-corrected chi connectivity index (χ4v) is 2.40. The van der Waals surface area contributed by atoms with Gasteiger partial charge in [-0.3, -0.25) is 10.1 Å². The van der Waals surface area contributed by atoms with Crippen LogP contribution in [-0.4, -0.2) is 31.7 Å². The standard InChI is InChI=1S/C14H20N2O4/c1-19-14-10-12(16(17)18)2-3-13(14)20-9-6-11-4-7-15-8-5-11/h2-3,10-11,15H,4-9H2,1H3. The third kappa shape index (κ3) is 3.84. The van der Waals surface area contributed by atoms with E-state index < -0.39 is 4.92 Å². The van der Waals surface area contributed by atoms with Crippen molar-refractivity contribution < 1.29 is 14.4 Å². The molecule has 6 heteroatoms. The molecule has 0 atom stereocenters. The summed E-state index contributed by atoms with van der Waals surface area (Å²) in [6.07, 6.45) is 3.36. The van der Waals surface area contributed by atoms with Gasteiger partial charge in [0.05, 0.1) is 24.7 Å². The van der Waals surface area contributed by atoms with Gasteiger partial charge < -0.3 is 14.8 Å². The van der Waals surface area contributed by atoms with E-state index in [0.29, 0.717) is 24.0 Å². The minimum absolute atomic E-state index is 0.00700. The average molecular weight is 280 g/mol. The van der Waals surface area contributed by atoms with Crippen molar-refractivity contribution in [2.75, 3.05) is 26.8 Å². The Morgan fingerprint density at radius 3 is 2.75 bits per heavy atom. The topological polar surface area (TPSA) is 73.6 Å². The molecule has 6 nitrogen and oxygen atoms in total. The van der Waals surface area contributed by atoms with E-state index in [-0.39, 0.29) is 5.69 Å². The van der Waals surface area contributed by atoms with Crippen LogP contribution in [0.25, 0.3) is 0 Å². The largest absolute Gasteiger partial charge is 0.493 e. The number of methoxy groups -OCH3 is 1. The molecule has 0 radical (unpaired) electrons. The molecule has 2 rings (SSSR count). The SMILES string of the molecule is COc1cc([N+](=O)[O-])ccc1OCCC1CCNCC1. The molecule has 1 N–H and O–H groups in total. The average Bonchev–Trinajstić information content (AvgIpc) is 2.48. The maximum atomic E-state index is 10.7. The molecule has 1 aromatic rings. The minimum Gasteiger partial charge on any atom is -0.493 e. The first kappa shape index (κ1) is 14.6. The highest BCUT2D eigenvalue weighted by Crippen LogP contribution is 2.31. The number of nitrogens with one attached hydrogen (secondary N) is 1.